The number of pyridine rings is 1. The second-order valence-electron chi connectivity index (χ2n) is 4.95. The van der Waals surface area contributed by atoms with E-state index >= 15 is 0 Å². The molecule has 0 aliphatic carbocycles. The zero-order valence-corrected chi connectivity index (χ0v) is 12.0. The van der Waals surface area contributed by atoms with Crippen molar-refractivity contribution in [1.82, 2.24) is 14.6 Å². The highest BCUT2D eigenvalue weighted by molar-refractivity contribution is 5.46. The maximum Gasteiger partial charge on any atom is 0.240 e. The van der Waals surface area contributed by atoms with Gasteiger partial charge in [0, 0.05) is 25.8 Å². The molecule has 0 saturated heterocycles. The van der Waals surface area contributed by atoms with Gasteiger partial charge in [0.1, 0.15) is 6.61 Å². The predicted molar refractivity (Wildman–Crippen MR) is 82.5 cm³/mol. The molecule has 1 aromatic carbocycles. The molecule has 108 valence electrons. The average Bonchev–Trinajstić information content (AvgIpc) is 2.86. The zero-order chi connectivity index (χ0) is 14.8. The molecular weight excluding hydrogens is 266 g/mol. The standard InChI is InChI=1S/C15H17N5O/c1-19(2)12-8-6-11(7-9-12)10-21-14-5-3-4-13-17-15(16)18-20(13)14/h3-9H,10H2,1-2H3,(H2,16,18). The minimum atomic E-state index is 0.237. The fourth-order valence-electron chi connectivity index (χ4n) is 2.05. The number of ether oxygens (including phenoxy) is 1. The van der Waals surface area contributed by atoms with Gasteiger partial charge in [0.15, 0.2) is 5.65 Å². The number of benzene rings is 1. The van der Waals surface area contributed by atoms with Crippen molar-refractivity contribution in [3.05, 3.63) is 48.0 Å². The highest BCUT2D eigenvalue weighted by Crippen LogP contribution is 2.17. The molecule has 0 fully saturated rings. The minimum absolute atomic E-state index is 0.237. The maximum absolute atomic E-state index is 5.81. The van der Waals surface area contributed by atoms with Gasteiger partial charge in [-0.15, -0.1) is 5.10 Å². The van der Waals surface area contributed by atoms with E-state index in [0.29, 0.717) is 18.1 Å². The third-order valence-corrected chi connectivity index (χ3v) is 3.18. The number of nitrogen functional groups attached to an aromatic ring is 1. The molecule has 0 aliphatic rings. The van der Waals surface area contributed by atoms with Gasteiger partial charge in [0.05, 0.1) is 0 Å². The van der Waals surface area contributed by atoms with Crippen LogP contribution in [0.1, 0.15) is 5.56 Å². The van der Waals surface area contributed by atoms with E-state index in [4.69, 9.17) is 10.5 Å². The lowest BCUT2D eigenvalue weighted by molar-refractivity contribution is 0.286. The summed E-state index contributed by atoms with van der Waals surface area (Å²) in [5, 5.41) is 4.11. The summed E-state index contributed by atoms with van der Waals surface area (Å²) in [6.07, 6.45) is 0. The Kier molecular flexibility index (Phi) is 3.35. The first-order valence-corrected chi connectivity index (χ1v) is 6.64. The van der Waals surface area contributed by atoms with Gasteiger partial charge in [0.25, 0.3) is 0 Å². The van der Waals surface area contributed by atoms with Crippen LogP contribution in [0.3, 0.4) is 0 Å². The van der Waals surface area contributed by atoms with E-state index in [0.717, 1.165) is 11.3 Å². The van der Waals surface area contributed by atoms with Crippen LogP contribution >= 0.6 is 0 Å². The van der Waals surface area contributed by atoms with Gasteiger partial charge < -0.3 is 15.4 Å². The van der Waals surface area contributed by atoms with Gasteiger partial charge in [-0.05, 0) is 23.8 Å². The van der Waals surface area contributed by atoms with Crippen LogP contribution < -0.4 is 15.4 Å². The molecule has 0 spiro atoms. The molecule has 0 saturated carbocycles. The van der Waals surface area contributed by atoms with Crippen LogP contribution in [-0.4, -0.2) is 28.7 Å². The van der Waals surface area contributed by atoms with E-state index < -0.39 is 0 Å². The van der Waals surface area contributed by atoms with Crippen LogP contribution in [-0.2, 0) is 6.61 Å². The van der Waals surface area contributed by atoms with Crippen LogP contribution in [0.15, 0.2) is 42.5 Å². The molecule has 3 rings (SSSR count). The van der Waals surface area contributed by atoms with Crippen molar-refractivity contribution >= 4 is 17.3 Å². The van der Waals surface area contributed by atoms with Crippen LogP contribution in [0, 0.1) is 0 Å². The van der Waals surface area contributed by atoms with Gasteiger partial charge in [0.2, 0.25) is 11.8 Å². The van der Waals surface area contributed by atoms with Crippen molar-refractivity contribution in [1.29, 1.82) is 0 Å². The molecule has 0 bridgehead atoms. The second-order valence-corrected chi connectivity index (χ2v) is 4.95. The zero-order valence-electron chi connectivity index (χ0n) is 12.0. The first-order valence-electron chi connectivity index (χ1n) is 6.64. The molecule has 21 heavy (non-hydrogen) atoms. The summed E-state index contributed by atoms with van der Waals surface area (Å²) in [5.41, 5.74) is 8.53. The first-order chi connectivity index (χ1) is 10.1. The highest BCUT2D eigenvalue weighted by atomic mass is 16.5. The first kappa shape index (κ1) is 13.2. The van der Waals surface area contributed by atoms with Crippen LogP contribution in [0.25, 0.3) is 5.65 Å². The number of nitrogens with two attached hydrogens (primary N) is 1. The molecule has 2 N–H and O–H groups in total. The third kappa shape index (κ3) is 2.74. The highest BCUT2D eigenvalue weighted by Gasteiger charge is 2.06. The number of anilines is 2. The van der Waals surface area contributed by atoms with E-state index in [1.54, 1.807) is 4.52 Å². The van der Waals surface area contributed by atoms with Crippen molar-refractivity contribution in [2.75, 3.05) is 24.7 Å². The average molecular weight is 283 g/mol. The van der Waals surface area contributed by atoms with E-state index in [-0.39, 0.29) is 5.95 Å². The number of hydrogen-bond acceptors (Lipinski definition) is 5. The summed E-state index contributed by atoms with van der Waals surface area (Å²) in [6.45, 7) is 0.465. The van der Waals surface area contributed by atoms with Crippen molar-refractivity contribution in [2.24, 2.45) is 0 Å². The maximum atomic E-state index is 5.81. The van der Waals surface area contributed by atoms with E-state index in [1.165, 1.54) is 0 Å². The summed E-state index contributed by atoms with van der Waals surface area (Å²) in [7, 11) is 4.03. The Balaban J connectivity index is 1.77. The monoisotopic (exact) mass is 283 g/mol. The quantitative estimate of drug-likeness (QED) is 0.792. The van der Waals surface area contributed by atoms with Crippen molar-refractivity contribution in [3.63, 3.8) is 0 Å². The van der Waals surface area contributed by atoms with Gasteiger partial charge >= 0.3 is 0 Å². The van der Waals surface area contributed by atoms with Crippen molar-refractivity contribution in [2.45, 2.75) is 6.61 Å². The van der Waals surface area contributed by atoms with Crippen LogP contribution in [0.5, 0.6) is 5.88 Å². The van der Waals surface area contributed by atoms with Gasteiger partial charge in [-0.25, -0.2) is 0 Å². The summed E-state index contributed by atoms with van der Waals surface area (Å²) in [5.74, 6) is 0.856. The summed E-state index contributed by atoms with van der Waals surface area (Å²) >= 11 is 0. The Hall–Kier alpha value is -2.76. The third-order valence-electron chi connectivity index (χ3n) is 3.18. The molecular formula is C15H17N5O. The number of aromatic nitrogens is 3. The lowest BCUT2D eigenvalue weighted by Crippen LogP contribution is -2.08. The molecule has 3 aromatic rings. The molecule has 2 heterocycles. The topological polar surface area (TPSA) is 68.7 Å². The summed E-state index contributed by atoms with van der Waals surface area (Å²) < 4.78 is 7.41. The summed E-state index contributed by atoms with van der Waals surface area (Å²) in [4.78, 5) is 6.16. The van der Waals surface area contributed by atoms with Crippen LogP contribution in [0.2, 0.25) is 0 Å². The van der Waals surface area contributed by atoms with Crippen molar-refractivity contribution in [3.8, 4) is 5.88 Å². The lowest BCUT2D eigenvalue weighted by atomic mass is 10.2. The van der Waals surface area contributed by atoms with E-state index in [1.807, 2.05) is 44.4 Å². The van der Waals surface area contributed by atoms with Gasteiger partial charge in [-0.1, -0.05) is 18.2 Å². The van der Waals surface area contributed by atoms with E-state index in [9.17, 15) is 0 Å². The number of rotatable bonds is 4. The Labute approximate surface area is 122 Å². The molecule has 6 nitrogen and oxygen atoms in total. The van der Waals surface area contributed by atoms with Gasteiger partial charge in [-0.3, -0.25) is 0 Å². The van der Waals surface area contributed by atoms with Crippen LogP contribution in [0.4, 0.5) is 11.6 Å². The Morgan fingerprint density at radius 1 is 1.14 bits per heavy atom. The molecule has 0 unspecified atom stereocenters. The Bertz CT molecular complexity index is 748. The number of hydrogen-bond donors (Lipinski definition) is 1. The SMILES string of the molecule is CN(C)c1ccc(COc2cccc3nc(N)nn23)cc1. The summed E-state index contributed by atoms with van der Waals surface area (Å²) in [6, 6.07) is 13.8. The molecule has 0 atom stereocenters. The molecule has 0 radical (unpaired) electrons. The number of fused-ring (bicyclic) bond motifs is 1. The molecule has 0 aliphatic heterocycles. The lowest BCUT2D eigenvalue weighted by Gasteiger charge is -2.13. The number of nitrogens with zero attached hydrogens (tertiary/aromatic N) is 4. The normalized spacial score (nSPS) is 10.8. The fourth-order valence-corrected chi connectivity index (χ4v) is 2.05. The largest absolute Gasteiger partial charge is 0.473 e. The molecule has 6 heteroatoms. The molecule has 0 amide bonds. The Morgan fingerprint density at radius 2 is 1.90 bits per heavy atom. The van der Waals surface area contributed by atoms with Gasteiger partial charge in [-0.2, -0.15) is 9.50 Å². The fraction of sp³-hybridized carbons (Fsp3) is 0.200. The molecule has 2 aromatic heterocycles. The van der Waals surface area contributed by atoms with E-state index in [2.05, 4.69) is 27.1 Å². The predicted octanol–water partition coefficient (Wildman–Crippen LogP) is 1.96. The minimum Gasteiger partial charge on any atom is -0.473 e. The Morgan fingerprint density at radius 3 is 2.62 bits per heavy atom. The smallest absolute Gasteiger partial charge is 0.240 e. The van der Waals surface area contributed by atoms with Crippen molar-refractivity contribution < 1.29 is 4.74 Å². The second kappa shape index (κ2) is 5.32.